The molecule has 2 heterocycles. The van der Waals surface area contributed by atoms with Crippen molar-refractivity contribution in [1.29, 1.82) is 0 Å². The normalized spacial score (nSPS) is 11.2. The van der Waals surface area contributed by atoms with Crippen molar-refractivity contribution >= 4 is 29.3 Å². The Balaban J connectivity index is 2.04. The van der Waals surface area contributed by atoms with Crippen molar-refractivity contribution in [2.24, 2.45) is 4.99 Å². The van der Waals surface area contributed by atoms with E-state index in [4.69, 9.17) is 4.74 Å². The van der Waals surface area contributed by atoms with Gasteiger partial charge >= 0.3 is 0 Å². The van der Waals surface area contributed by atoms with E-state index in [0.717, 1.165) is 12.4 Å². The molecular weight excluding hydrogens is 437 g/mol. The predicted molar refractivity (Wildman–Crippen MR) is 131 cm³/mol. The number of allylic oxidation sites excluding steroid dienone is 2. The Bertz CT molecular complexity index is 1240. The maximum absolute atomic E-state index is 13.3. The second kappa shape index (κ2) is 11.3. The number of nitrogens with zero attached hydrogens (tertiary/aromatic N) is 4. The highest BCUT2D eigenvalue weighted by molar-refractivity contribution is 6.00. The fourth-order valence-electron chi connectivity index (χ4n) is 3.01. The van der Waals surface area contributed by atoms with Gasteiger partial charge in [0.05, 0.1) is 42.0 Å². The second-order valence-corrected chi connectivity index (χ2v) is 6.74. The lowest BCUT2D eigenvalue weighted by molar-refractivity contribution is 0.0963. The number of halogens is 1. The molecule has 0 saturated carbocycles. The van der Waals surface area contributed by atoms with Crippen LogP contribution in [0.3, 0.4) is 0 Å². The molecule has 3 rings (SSSR count). The van der Waals surface area contributed by atoms with Gasteiger partial charge in [0.1, 0.15) is 11.6 Å². The van der Waals surface area contributed by atoms with Crippen molar-refractivity contribution in [2.75, 3.05) is 24.8 Å². The van der Waals surface area contributed by atoms with Gasteiger partial charge in [-0.05, 0) is 25.1 Å². The van der Waals surface area contributed by atoms with Crippen molar-refractivity contribution in [3.8, 4) is 17.1 Å². The minimum atomic E-state index is -0.540. The third-order valence-electron chi connectivity index (χ3n) is 4.57. The maximum atomic E-state index is 13.3. The monoisotopic (exact) mass is 461 g/mol. The fraction of sp³-hybridized carbons (Fsp3) is 0.125. The van der Waals surface area contributed by atoms with E-state index in [9.17, 15) is 9.18 Å². The SMILES string of the molecule is C=C/C=N\C(=C/C)Nc1cc(Nc2cccc(-c3ncc(F)cn3)c2OC)c(C(=O)NC)cn1. The van der Waals surface area contributed by atoms with Gasteiger partial charge in [0.25, 0.3) is 5.91 Å². The van der Waals surface area contributed by atoms with Crippen LogP contribution in [0.1, 0.15) is 17.3 Å². The number of methoxy groups -OCH3 is 1. The molecule has 0 aliphatic heterocycles. The first-order valence-corrected chi connectivity index (χ1v) is 10.2. The van der Waals surface area contributed by atoms with Crippen molar-refractivity contribution < 1.29 is 13.9 Å². The summed E-state index contributed by atoms with van der Waals surface area (Å²) in [6, 6.07) is 6.98. The van der Waals surface area contributed by atoms with Crippen molar-refractivity contribution in [2.45, 2.75) is 6.92 Å². The van der Waals surface area contributed by atoms with Crippen LogP contribution in [0.4, 0.5) is 21.6 Å². The third kappa shape index (κ3) is 5.60. The maximum Gasteiger partial charge on any atom is 0.254 e. The number of anilines is 3. The van der Waals surface area contributed by atoms with Crippen molar-refractivity contribution in [3.05, 3.63) is 78.8 Å². The first-order chi connectivity index (χ1) is 16.5. The molecule has 3 aromatic rings. The van der Waals surface area contributed by atoms with E-state index < -0.39 is 5.82 Å². The zero-order chi connectivity index (χ0) is 24.5. The molecular formula is C24H24FN7O2. The Kier molecular flexibility index (Phi) is 8.01. The molecule has 0 saturated heterocycles. The topological polar surface area (TPSA) is 113 Å². The predicted octanol–water partition coefficient (Wildman–Crippen LogP) is 4.32. The average Bonchev–Trinajstić information content (AvgIpc) is 2.86. The summed E-state index contributed by atoms with van der Waals surface area (Å²) in [6.45, 7) is 5.44. The Morgan fingerprint density at radius 2 is 1.94 bits per heavy atom. The highest BCUT2D eigenvalue weighted by atomic mass is 19.1. The summed E-state index contributed by atoms with van der Waals surface area (Å²) in [5.41, 5.74) is 1.88. The molecule has 0 fully saturated rings. The van der Waals surface area contributed by atoms with Gasteiger partial charge in [0.2, 0.25) is 0 Å². The molecule has 0 bridgehead atoms. The largest absolute Gasteiger partial charge is 0.494 e. The van der Waals surface area contributed by atoms with Crippen LogP contribution in [0.5, 0.6) is 5.75 Å². The molecule has 0 aliphatic rings. The Labute approximate surface area is 196 Å². The summed E-state index contributed by atoms with van der Waals surface area (Å²) in [7, 11) is 3.04. The Morgan fingerprint density at radius 3 is 2.59 bits per heavy atom. The minimum Gasteiger partial charge on any atom is -0.494 e. The summed E-state index contributed by atoms with van der Waals surface area (Å²) in [5, 5.41) is 8.93. The molecule has 0 aliphatic carbocycles. The molecule has 0 atom stereocenters. The zero-order valence-corrected chi connectivity index (χ0v) is 19.0. The molecule has 1 aromatic carbocycles. The molecule has 3 N–H and O–H groups in total. The van der Waals surface area contributed by atoms with Crippen LogP contribution in [0.2, 0.25) is 0 Å². The number of hydrogen-bond acceptors (Lipinski definition) is 8. The first kappa shape index (κ1) is 24.1. The Morgan fingerprint density at radius 1 is 1.18 bits per heavy atom. The van der Waals surface area contributed by atoms with Gasteiger partial charge in [-0.25, -0.2) is 24.3 Å². The standard InChI is InChI=1S/C24H24FN7O2/c1-5-10-27-20(6-2)32-21-11-19(17(14-28-21)24(33)26-3)31-18-9-7-8-16(22(18)34-4)23-29-12-15(25)13-30-23/h5-14H,1H2,2-4H3,(H,26,33)(H2,28,31,32)/b20-6+,27-10-. The van der Waals surface area contributed by atoms with E-state index in [0.29, 0.717) is 45.7 Å². The van der Waals surface area contributed by atoms with Gasteiger partial charge in [-0.15, -0.1) is 0 Å². The number of benzene rings is 1. The van der Waals surface area contributed by atoms with Crippen molar-refractivity contribution in [1.82, 2.24) is 20.3 Å². The molecule has 2 aromatic heterocycles. The van der Waals surface area contributed by atoms with Gasteiger partial charge in [-0.1, -0.05) is 18.7 Å². The van der Waals surface area contributed by atoms with E-state index >= 15 is 0 Å². The third-order valence-corrected chi connectivity index (χ3v) is 4.57. The molecule has 0 unspecified atom stereocenters. The van der Waals surface area contributed by atoms with Crippen molar-refractivity contribution in [3.63, 3.8) is 0 Å². The highest BCUT2D eigenvalue weighted by Crippen LogP contribution is 2.37. The van der Waals surface area contributed by atoms with Gasteiger partial charge in [0, 0.05) is 25.5 Å². The molecule has 1 amide bonds. The number of hydrogen-bond donors (Lipinski definition) is 3. The van der Waals surface area contributed by atoms with Crippen LogP contribution in [0.25, 0.3) is 11.4 Å². The molecule has 9 nitrogen and oxygen atoms in total. The second-order valence-electron chi connectivity index (χ2n) is 6.74. The quantitative estimate of drug-likeness (QED) is 0.407. The van der Waals surface area contributed by atoms with Crippen LogP contribution >= 0.6 is 0 Å². The lowest BCUT2D eigenvalue weighted by atomic mass is 10.1. The molecule has 0 spiro atoms. The number of para-hydroxylation sites is 1. The Hall–Kier alpha value is -4.60. The number of carbonyl (C=O) groups is 1. The van der Waals surface area contributed by atoms with Crippen LogP contribution in [0, 0.1) is 5.82 Å². The summed E-state index contributed by atoms with van der Waals surface area (Å²) < 4.78 is 18.9. The summed E-state index contributed by atoms with van der Waals surface area (Å²) in [6.07, 6.45) is 8.50. The number of amides is 1. The molecule has 34 heavy (non-hydrogen) atoms. The van der Waals surface area contributed by atoms with E-state index in [1.54, 1.807) is 42.6 Å². The first-order valence-electron chi connectivity index (χ1n) is 10.2. The fourth-order valence-corrected chi connectivity index (χ4v) is 3.01. The zero-order valence-electron chi connectivity index (χ0n) is 19.0. The van der Waals surface area contributed by atoms with Crippen LogP contribution < -0.4 is 20.7 Å². The van der Waals surface area contributed by atoms with Crippen LogP contribution in [-0.2, 0) is 0 Å². The molecule has 174 valence electrons. The smallest absolute Gasteiger partial charge is 0.254 e. The number of carbonyl (C=O) groups excluding carboxylic acids is 1. The highest BCUT2D eigenvalue weighted by Gasteiger charge is 2.17. The minimum absolute atomic E-state index is 0.295. The number of aliphatic imine (C=N–C) groups is 1. The average molecular weight is 462 g/mol. The molecule has 10 heteroatoms. The van der Waals surface area contributed by atoms with E-state index in [1.807, 2.05) is 6.92 Å². The molecule has 0 radical (unpaired) electrons. The number of rotatable bonds is 9. The van der Waals surface area contributed by atoms with Crippen LogP contribution in [0.15, 0.2) is 72.4 Å². The van der Waals surface area contributed by atoms with E-state index in [2.05, 4.69) is 42.5 Å². The summed E-state index contributed by atoms with van der Waals surface area (Å²) in [4.78, 5) is 29.1. The number of aromatic nitrogens is 3. The van der Waals surface area contributed by atoms with E-state index in [1.165, 1.54) is 20.4 Å². The summed E-state index contributed by atoms with van der Waals surface area (Å²) in [5.74, 6) is 0.869. The lowest BCUT2D eigenvalue weighted by Crippen LogP contribution is -2.19. The van der Waals surface area contributed by atoms with Gasteiger partial charge in [-0.2, -0.15) is 0 Å². The number of nitrogens with one attached hydrogen (secondary N) is 3. The summed E-state index contributed by atoms with van der Waals surface area (Å²) >= 11 is 0. The lowest BCUT2D eigenvalue weighted by Gasteiger charge is -2.17. The number of pyridine rings is 1. The van der Waals surface area contributed by atoms with Gasteiger partial charge in [-0.3, -0.25) is 4.79 Å². The number of ether oxygens (including phenoxy) is 1. The van der Waals surface area contributed by atoms with Crippen LogP contribution in [-0.4, -0.2) is 41.2 Å². The van der Waals surface area contributed by atoms with E-state index in [-0.39, 0.29) is 5.91 Å². The van der Waals surface area contributed by atoms with Gasteiger partial charge in [0.15, 0.2) is 17.4 Å². The van der Waals surface area contributed by atoms with Gasteiger partial charge < -0.3 is 20.7 Å².